The second-order valence-corrected chi connectivity index (χ2v) is 8.04. The summed E-state index contributed by atoms with van der Waals surface area (Å²) in [6, 6.07) is 5.22. The molecule has 0 saturated carbocycles. The highest BCUT2D eigenvalue weighted by Crippen LogP contribution is 2.27. The Morgan fingerprint density at radius 2 is 1.96 bits per heavy atom. The van der Waals surface area contributed by atoms with Crippen molar-refractivity contribution in [2.24, 2.45) is 0 Å². The van der Waals surface area contributed by atoms with Crippen molar-refractivity contribution in [1.82, 2.24) is 23.8 Å². The van der Waals surface area contributed by atoms with Gasteiger partial charge in [-0.3, -0.25) is 10.1 Å². The van der Waals surface area contributed by atoms with E-state index < -0.39 is 14.9 Å². The normalized spacial score (nSPS) is 11.8. The number of halogens is 1. The molecular formula is C16H11ClN6O4S. The number of aryl methyl sites for hydroxylation is 1. The lowest BCUT2D eigenvalue weighted by atomic mass is 10.2. The standard InChI is InChI=1S/C16H11ClN6O4S/c1-10-2-3-12(23(24)25)6-14(10)28(26,27)22-9-11(7-19-22)13-8-18-21-5-4-15(17)20-16(13)21/h2-9H,1H3. The zero-order valence-corrected chi connectivity index (χ0v) is 15.8. The number of benzene rings is 1. The van der Waals surface area contributed by atoms with Gasteiger partial charge in [0, 0.05) is 29.5 Å². The Bertz CT molecular complexity index is 1340. The smallest absolute Gasteiger partial charge is 0.258 e. The van der Waals surface area contributed by atoms with Gasteiger partial charge in [0.15, 0.2) is 5.65 Å². The molecule has 3 heterocycles. The predicted octanol–water partition coefficient (Wildman–Crippen LogP) is 2.70. The minimum absolute atomic E-state index is 0.197. The van der Waals surface area contributed by atoms with Gasteiger partial charge in [0.2, 0.25) is 0 Å². The van der Waals surface area contributed by atoms with Gasteiger partial charge in [0.25, 0.3) is 15.7 Å². The van der Waals surface area contributed by atoms with Crippen LogP contribution in [-0.4, -0.2) is 37.1 Å². The Labute approximate surface area is 163 Å². The molecule has 1 aromatic carbocycles. The largest absolute Gasteiger partial charge is 0.283 e. The van der Waals surface area contributed by atoms with Crippen LogP contribution in [0.15, 0.2) is 53.9 Å². The lowest BCUT2D eigenvalue weighted by Crippen LogP contribution is -2.15. The van der Waals surface area contributed by atoms with Crippen LogP contribution in [0, 0.1) is 17.0 Å². The molecule has 0 amide bonds. The molecular weight excluding hydrogens is 408 g/mol. The van der Waals surface area contributed by atoms with E-state index in [1.54, 1.807) is 19.2 Å². The molecule has 0 saturated heterocycles. The summed E-state index contributed by atoms with van der Waals surface area (Å²) < 4.78 is 28.2. The van der Waals surface area contributed by atoms with Crippen LogP contribution < -0.4 is 0 Å². The van der Waals surface area contributed by atoms with Crippen LogP contribution in [0.4, 0.5) is 5.69 Å². The molecule has 4 rings (SSSR count). The number of nitro benzene ring substituents is 1. The first-order chi connectivity index (χ1) is 13.3. The third kappa shape index (κ3) is 2.90. The lowest BCUT2D eigenvalue weighted by molar-refractivity contribution is -0.385. The van der Waals surface area contributed by atoms with Gasteiger partial charge < -0.3 is 0 Å². The zero-order chi connectivity index (χ0) is 20.1. The van der Waals surface area contributed by atoms with Crippen LogP contribution in [0.3, 0.4) is 0 Å². The third-order valence-electron chi connectivity index (χ3n) is 4.11. The van der Waals surface area contributed by atoms with Crippen LogP contribution >= 0.6 is 11.6 Å². The highest BCUT2D eigenvalue weighted by molar-refractivity contribution is 7.89. The van der Waals surface area contributed by atoms with Gasteiger partial charge in [-0.1, -0.05) is 17.7 Å². The van der Waals surface area contributed by atoms with Gasteiger partial charge in [0.05, 0.1) is 28.4 Å². The maximum absolute atomic E-state index is 13.0. The summed E-state index contributed by atoms with van der Waals surface area (Å²) >= 11 is 5.93. The first-order valence-electron chi connectivity index (χ1n) is 7.83. The maximum Gasteiger partial charge on any atom is 0.283 e. The van der Waals surface area contributed by atoms with Gasteiger partial charge in [-0.2, -0.15) is 22.7 Å². The number of rotatable bonds is 4. The van der Waals surface area contributed by atoms with Crippen LogP contribution in [0.1, 0.15) is 5.56 Å². The van der Waals surface area contributed by atoms with E-state index in [-0.39, 0.29) is 15.7 Å². The topological polar surface area (TPSA) is 125 Å². The molecule has 0 unspecified atom stereocenters. The second-order valence-electron chi connectivity index (χ2n) is 5.89. The highest BCUT2D eigenvalue weighted by Gasteiger charge is 2.24. The van der Waals surface area contributed by atoms with E-state index in [0.717, 1.165) is 10.2 Å². The van der Waals surface area contributed by atoms with E-state index in [9.17, 15) is 18.5 Å². The number of nitrogens with zero attached hydrogens (tertiary/aromatic N) is 6. The molecule has 0 atom stereocenters. The van der Waals surface area contributed by atoms with Gasteiger partial charge >= 0.3 is 0 Å². The Kier molecular flexibility index (Phi) is 4.12. The Balaban J connectivity index is 1.81. The van der Waals surface area contributed by atoms with E-state index in [4.69, 9.17) is 11.6 Å². The fourth-order valence-corrected chi connectivity index (χ4v) is 4.21. The van der Waals surface area contributed by atoms with Crippen LogP contribution in [-0.2, 0) is 10.0 Å². The molecule has 0 aliphatic rings. The average Bonchev–Trinajstić information content (AvgIpc) is 3.28. The summed E-state index contributed by atoms with van der Waals surface area (Å²) in [4.78, 5) is 14.3. The number of hydrogen-bond donors (Lipinski definition) is 0. The molecule has 4 aromatic rings. The second kappa shape index (κ2) is 6.39. The number of fused-ring (bicyclic) bond motifs is 1. The summed E-state index contributed by atoms with van der Waals surface area (Å²) in [5.41, 5.74) is 1.48. The molecule has 0 bridgehead atoms. The summed E-state index contributed by atoms with van der Waals surface area (Å²) in [5, 5.41) is 19.3. The van der Waals surface area contributed by atoms with E-state index in [1.807, 2.05) is 0 Å². The monoisotopic (exact) mass is 418 g/mol. The van der Waals surface area contributed by atoms with Crippen molar-refractivity contribution in [2.45, 2.75) is 11.8 Å². The Hall–Kier alpha value is -3.31. The molecule has 0 aliphatic carbocycles. The van der Waals surface area contributed by atoms with Crippen molar-refractivity contribution in [3.63, 3.8) is 0 Å². The minimum Gasteiger partial charge on any atom is -0.258 e. The van der Waals surface area contributed by atoms with Crippen molar-refractivity contribution in [1.29, 1.82) is 0 Å². The van der Waals surface area contributed by atoms with Gasteiger partial charge in [-0.15, -0.1) is 0 Å². The quantitative estimate of drug-likeness (QED) is 0.283. The van der Waals surface area contributed by atoms with Gasteiger partial charge in [0.1, 0.15) is 5.15 Å². The third-order valence-corrected chi connectivity index (χ3v) is 6.01. The summed E-state index contributed by atoms with van der Waals surface area (Å²) in [6.07, 6.45) is 5.80. The fraction of sp³-hybridized carbons (Fsp3) is 0.0625. The number of aromatic nitrogens is 5. The van der Waals surface area contributed by atoms with Crippen molar-refractivity contribution in [3.05, 3.63) is 69.9 Å². The predicted molar refractivity (Wildman–Crippen MR) is 99.6 cm³/mol. The Morgan fingerprint density at radius 1 is 1.18 bits per heavy atom. The molecule has 0 radical (unpaired) electrons. The first kappa shape index (κ1) is 18.1. The van der Waals surface area contributed by atoms with Crippen molar-refractivity contribution in [2.75, 3.05) is 0 Å². The lowest BCUT2D eigenvalue weighted by Gasteiger charge is -2.07. The highest BCUT2D eigenvalue weighted by atomic mass is 35.5. The first-order valence-corrected chi connectivity index (χ1v) is 9.65. The van der Waals surface area contributed by atoms with Crippen LogP contribution in [0.25, 0.3) is 16.8 Å². The zero-order valence-electron chi connectivity index (χ0n) is 14.2. The maximum atomic E-state index is 13.0. The molecule has 0 spiro atoms. The number of hydrogen-bond acceptors (Lipinski definition) is 7. The van der Waals surface area contributed by atoms with Crippen LogP contribution in [0.5, 0.6) is 0 Å². The Morgan fingerprint density at radius 3 is 2.71 bits per heavy atom. The van der Waals surface area contributed by atoms with Crippen molar-refractivity contribution < 1.29 is 13.3 Å². The minimum atomic E-state index is -4.13. The molecule has 10 nitrogen and oxygen atoms in total. The van der Waals surface area contributed by atoms with Crippen LogP contribution in [0.2, 0.25) is 5.15 Å². The molecule has 0 N–H and O–H groups in total. The molecule has 12 heteroatoms. The van der Waals surface area contributed by atoms with E-state index in [2.05, 4.69) is 15.2 Å². The van der Waals surface area contributed by atoms with E-state index in [1.165, 1.54) is 35.2 Å². The van der Waals surface area contributed by atoms with Crippen molar-refractivity contribution >= 4 is 33.0 Å². The molecule has 3 aromatic heterocycles. The summed E-state index contributed by atoms with van der Waals surface area (Å²) in [7, 11) is -4.13. The molecule has 0 fully saturated rings. The van der Waals surface area contributed by atoms with E-state index >= 15 is 0 Å². The fourth-order valence-electron chi connectivity index (χ4n) is 2.71. The van der Waals surface area contributed by atoms with Gasteiger partial charge in [-0.25, -0.2) is 9.50 Å². The number of non-ortho nitro benzene ring substituents is 1. The van der Waals surface area contributed by atoms with Crippen molar-refractivity contribution in [3.8, 4) is 11.1 Å². The SMILES string of the molecule is Cc1ccc([N+](=O)[O-])cc1S(=O)(=O)n1cc(-c2cnn3ccc(Cl)nc23)cn1. The molecule has 142 valence electrons. The number of nitro groups is 1. The molecule has 0 aliphatic heterocycles. The van der Waals surface area contributed by atoms with Gasteiger partial charge in [-0.05, 0) is 18.6 Å². The molecule has 28 heavy (non-hydrogen) atoms. The summed E-state index contributed by atoms with van der Waals surface area (Å²) in [6.45, 7) is 1.55. The summed E-state index contributed by atoms with van der Waals surface area (Å²) in [5.74, 6) is 0. The van der Waals surface area contributed by atoms with E-state index in [0.29, 0.717) is 22.3 Å². The average molecular weight is 419 g/mol.